The summed E-state index contributed by atoms with van der Waals surface area (Å²) in [4.78, 5) is 20.6. The van der Waals surface area contributed by atoms with E-state index in [2.05, 4.69) is 15.3 Å². The maximum Gasteiger partial charge on any atom is 0.262 e. The second kappa shape index (κ2) is 7.47. The van der Waals surface area contributed by atoms with Crippen LogP contribution in [-0.4, -0.2) is 28.1 Å². The van der Waals surface area contributed by atoms with Crippen molar-refractivity contribution < 1.29 is 14.3 Å². The number of aromatic nitrogens is 2. The van der Waals surface area contributed by atoms with E-state index < -0.39 is 0 Å². The smallest absolute Gasteiger partial charge is 0.262 e. The molecule has 0 aliphatic carbocycles. The number of rotatable bonds is 5. The highest BCUT2D eigenvalue weighted by Crippen LogP contribution is 2.41. The minimum Gasteiger partial charge on any atom is -0.483 e. The van der Waals surface area contributed by atoms with Gasteiger partial charge in [-0.1, -0.05) is 36.4 Å². The number of amides is 1. The van der Waals surface area contributed by atoms with Gasteiger partial charge in [0.1, 0.15) is 11.4 Å². The van der Waals surface area contributed by atoms with Gasteiger partial charge in [-0.25, -0.2) is 4.98 Å². The third-order valence-corrected chi connectivity index (χ3v) is 5.26. The van der Waals surface area contributed by atoms with Crippen molar-refractivity contribution in [3.8, 4) is 22.9 Å². The molecule has 6 nitrogen and oxygen atoms in total. The number of ether oxygens (including phenoxy) is 2. The van der Waals surface area contributed by atoms with Gasteiger partial charge in [0.15, 0.2) is 18.1 Å². The van der Waals surface area contributed by atoms with Crippen LogP contribution in [-0.2, 0) is 11.2 Å². The zero-order valence-electron chi connectivity index (χ0n) is 17.4. The average molecular weight is 413 g/mol. The van der Waals surface area contributed by atoms with Crippen LogP contribution in [0.5, 0.6) is 11.5 Å². The fraction of sp³-hybridized carbons (Fsp3) is 0.200. The molecule has 0 unspecified atom stereocenters. The molecule has 3 aromatic carbocycles. The number of fused-ring (bicyclic) bond motifs is 2. The molecular formula is C25H23N3O3. The van der Waals surface area contributed by atoms with Crippen LogP contribution in [0.25, 0.3) is 22.4 Å². The molecule has 0 fully saturated rings. The summed E-state index contributed by atoms with van der Waals surface area (Å²) >= 11 is 0. The molecule has 0 radical (unpaired) electrons. The van der Waals surface area contributed by atoms with E-state index in [1.54, 1.807) is 0 Å². The highest BCUT2D eigenvalue weighted by atomic mass is 16.5. The van der Waals surface area contributed by atoms with Crippen LogP contribution in [0.4, 0.5) is 5.69 Å². The first-order valence-electron chi connectivity index (χ1n) is 10.3. The Bertz CT molecular complexity index is 1240. The van der Waals surface area contributed by atoms with E-state index in [1.807, 2.05) is 80.6 Å². The number of nitrogens with zero attached hydrogens (tertiary/aromatic N) is 1. The first kappa shape index (κ1) is 19.2. The molecule has 1 amide bonds. The third kappa shape index (κ3) is 3.84. The zero-order chi connectivity index (χ0) is 21.4. The van der Waals surface area contributed by atoms with Crippen molar-refractivity contribution in [2.75, 3.05) is 11.9 Å². The number of imidazole rings is 1. The van der Waals surface area contributed by atoms with Gasteiger partial charge in [-0.2, -0.15) is 0 Å². The lowest BCUT2D eigenvalue weighted by molar-refractivity contribution is -0.118. The number of hydrogen-bond acceptors (Lipinski definition) is 4. The number of carbonyl (C=O) groups is 1. The van der Waals surface area contributed by atoms with Crippen LogP contribution in [0.15, 0.2) is 66.7 Å². The molecular weight excluding hydrogens is 390 g/mol. The summed E-state index contributed by atoms with van der Waals surface area (Å²) in [5.41, 5.74) is 4.14. The Morgan fingerprint density at radius 3 is 2.77 bits per heavy atom. The lowest BCUT2D eigenvalue weighted by Crippen LogP contribution is -2.25. The molecule has 5 rings (SSSR count). The number of para-hydroxylation sites is 4. The van der Waals surface area contributed by atoms with Crippen LogP contribution in [0.1, 0.15) is 19.4 Å². The summed E-state index contributed by atoms with van der Waals surface area (Å²) in [5, 5.41) is 2.94. The lowest BCUT2D eigenvalue weighted by atomic mass is 10.0. The number of carbonyl (C=O) groups excluding carboxylic acids is 1. The van der Waals surface area contributed by atoms with Crippen LogP contribution < -0.4 is 14.8 Å². The van der Waals surface area contributed by atoms with Gasteiger partial charge < -0.3 is 19.8 Å². The van der Waals surface area contributed by atoms with Crippen LogP contribution in [0.2, 0.25) is 0 Å². The first-order valence-corrected chi connectivity index (χ1v) is 10.3. The van der Waals surface area contributed by atoms with Crippen LogP contribution in [0, 0.1) is 0 Å². The predicted octanol–water partition coefficient (Wildman–Crippen LogP) is 4.96. The topological polar surface area (TPSA) is 76.2 Å². The average Bonchev–Trinajstić information content (AvgIpc) is 3.32. The molecule has 0 atom stereocenters. The minimum atomic E-state index is -0.268. The molecule has 1 aromatic heterocycles. The van der Waals surface area contributed by atoms with Crippen molar-refractivity contribution in [1.82, 2.24) is 9.97 Å². The largest absolute Gasteiger partial charge is 0.483 e. The van der Waals surface area contributed by atoms with Gasteiger partial charge in [0.05, 0.1) is 16.7 Å². The summed E-state index contributed by atoms with van der Waals surface area (Å²) in [6, 6.07) is 21.2. The molecule has 1 aliphatic rings. The number of hydrogen-bond donors (Lipinski definition) is 2. The summed E-state index contributed by atoms with van der Waals surface area (Å²) in [6.45, 7) is 3.96. The van der Waals surface area contributed by atoms with Crippen LogP contribution >= 0.6 is 0 Å². The monoisotopic (exact) mass is 413 g/mol. The third-order valence-electron chi connectivity index (χ3n) is 5.26. The van der Waals surface area contributed by atoms with Crippen molar-refractivity contribution in [3.63, 3.8) is 0 Å². The molecule has 6 heteroatoms. The van der Waals surface area contributed by atoms with E-state index >= 15 is 0 Å². The molecule has 0 spiro atoms. The van der Waals surface area contributed by atoms with E-state index in [0.29, 0.717) is 17.3 Å². The Labute approximate surface area is 180 Å². The maximum atomic E-state index is 12.7. The molecule has 156 valence electrons. The van der Waals surface area contributed by atoms with E-state index in [9.17, 15) is 4.79 Å². The predicted molar refractivity (Wildman–Crippen MR) is 121 cm³/mol. The quantitative estimate of drug-likeness (QED) is 0.485. The van der Waals surface area contributed by atoms with Crippen molar-refractivity contribution in [3.05, 3.63) is 72.3 Å². The summed E-state index contributed by atoms with van der Waals surface area (Å²) in [5.74, 6) is 1.76. The Hall–Kier alpha value is -3.80. The number of anilines is 1. The van der Waals surface area contributed by atoms with E-state index in [-0.39, 0.29) is 18.1 Å². The number of aromatic amines is 1. The zero-order valence-corrected chi connectivity index (χ0v) is 17.4. The van der Waals surface area contributed by atoms with Gasteiger partial charge in [-0.3, -0.25) is 4.79 Å². The van der Waals surface area contributed by atoms with Gasteiger partial charge in [0.25, 0.3) is 5.91 Å². The van der Waals surface area contributed by atoms with Gasteiger partial charge in [0, 0.05) is 17.5 Å². The lowest BCUT2D eigenvalue weighted by Gasteiger charge is -2.18. The fourth-order valence-electron chi connectivity index (χ4n) is 3.91. The molecule has 2 N–H and O–H groups in total. The number of H-pyrrole nitrogens is 1. The summed E-state index contributed by atoms with van der Waals surface area (Å²) in [6.07, 6.45) is 0.816. The molecule has 2 heterocycles. The molecule has 31 heavy (non-hydrogen) atoms. The molecule has 1 aliphatic heterocycles. The highest BCUT2D eigenvalue weighted by molar-refractivity contribution is 5.96. The Kier molecular flexibility index (Phi) is 4.62. The van der Waals surface area contributed by atoms with E-state index in [0.717, 1.165) is 34.3 Å². The molecule has 0 saturated heterocycles. The molecule has 4 aromatic rings. The summed E-state index contributed by atoms with van der Waals surface area (Å²) in [7, 11) is 0. The SMILES string of the molecule is CC1(C)Cc2cccc(OCC(=O)Nc3ccccc3-c3nc4ccccc4[nH]3)c2O1. The second-order valence-electron chi connectivity index (χ2n) is 8.27. The first-order chi connectivity index (χ1) is 15.0. The highest BCUT2D eigenvalue weighted by Gasteiger charge is 2.32. The number of benzene rings is 3. The van der Waals surface area contributed by atoms with Crippen LogP contribution in [0.3, 0.4) is 0 Å². The van der Waals surface area contributed by atoms with Crippen molar-refractivity contribution in [2.24, 2.45) is 0 Å². The van der Waals surface area contributed by atoms with Crippen molar-refractivity contribution in [1.29, 1.82) is 0 Å². The van der Waals surface area contributed by atoms with Gasteiger partial charge >= 0.3 is 0 Å². The Balaban J connectivity index is 1.32. The maximum absolute atomic E-state index is 12.7. The van der Waals surface area contributed by atoms with Gasteiger partial charge in [-0.15, -0.1) is 0 Å². The fourth-order valence-corrected chi connectivity index (χ4v) is 3.91. The van der Waals surface area contributed by atoms with E-state index in [4.69, 9.17) is 9.47 Å². The Morgan fingerprint density at radius 1 is 1.10 bits per heavy atom. The second-order valence-corrected chi connectivity index (χ2v) is 8.27. The van der Waals surface area contributed by atoms with Crippen molar-refractivity contribution in [2.45, 2.75) is 25.9 Å². The molecule has 0 bridgehead atoms. The normalized spacial score (nSPS) is 14.1. The standard InChI is InChI=1S/C25H23N3O3/c1-25(2)14-16-8-7-13-21(23(16)31-25)30-15-22(29)26-18-10-4-3-9-17(18)24-27-19-11-5-6-12-20(19)28-24/h3-13H,14-15H2,1-2H3,(H,26,29)(H,27,28). The molecule has 0 saturated carbocycles. The minimum absolute atomic E-state index is 0.116. The van der Waals surface area contributed by atoms with Gasteiger partial charge in [-0.05, 0) is 44.2 Å². The Morgan fingerprint density at radius 2 is 1.90 bits per heavy atom. The number of nitrogens with one attached hydrogen (secondary N) is 2. The van der Waals surface area contributed by atoms with E-state index in [1.165, 1.54) is 0 Å². The van der Waals surface area contributed by atoms with Crippen molar-refractivity contribution >= 4 is 22.6 Å². The van der Waals surface area contributed by atoms with Gasteiger partial charge in [0.2, 0.25) is 0 Å². The summed E-state index contributed by atoms with van der Waals surface area (Å²) < 4.78 is 11.8.